The second kappa shape index (κ2) is 6.06. The van der Waals surface area contributed by atoms with Crippen molar-refractivity contribution in [2.45, 2.75) is 13.5 Å². The monoisotopic (exact) mass is 348 g/mol. The molecule has 23 heavy (non-hydrogen) atoms. The van der Waals surface area contributed by atoms with Gasteiger partial charge in [-0.3, -0.25) is 9.59 Å². The molecule has 0 fully saturated rings. The molecule has 2 aromatic heterocycles. The van der Waals surface area contributed by atoms with Gasteiger partial charge in [-0.1, -0.05) is 17.7 Å². The van der Waals surface area contributed by atoms with Gasteiger partial charge >= 0.3 is 0 Å². The largest absolute Gasteiger partial charge is 0.505 e. The minimum Gasteiger partial charge on any atom is -0.505 e. The summed E-state index contributed by atoms with van der Waals surface area (Å²) in [6.45, 7) is 2.22. The topological polar surface area (TPSA) is 71.3 Å². The number of carbonyl (C=O) groups is 1. The minimum atomic E-state index is -0.660. The van der Waals surface area contributed by atoms with Gasteiger partial charge in [-0.05, 0) is 36.6 Å². The van der Waals surface area contributed by atoms with E-state index in [2.05, 4.69) is 5.32 Å². The van der Waals surface area contributed by atoms with Crippen molar-refractivity contribution in [1.29, 1.82) is 0 Å². The van der Waals surface area contributed by atoms with Crippen molar-refractivity contribution < 1.29 is 9.90 Å². The molecule has 0 aliphatic carbocycles. The van der Waals surface area contributed by atoms with Crippen molar-refractivity contribution in [2.75, 3.05) is 5.32 Å². The van der Waals surface area contributed by atoms with Crippen LogP contribution in [0.5, 0.6) is 5.75 Å². The number of rotatable bonds is 3. The summed E-state index contributed by atoms with van der Waals surface area (Å²) in [6.07, 6.45) is 0. The van der Waals surface area contributed by atoms with Crippen LogP contribution in [0.15, 0.2) is 40.5 Å². The van der Waals surface area contributed by atoms with E-state index in [0.717, 1.165) is 0 Å². The van der Waals surface area contributed by atoms with Crippen LogP contribution >= 0.6 is 22.9 Å². The van der Waals surface area contributed by atoms with E-state index in [-0.39, 0.29) is 11.3 Å². The van der Waals surface area contributed by atoms with E-state index in [9.17, 15) is 14.7 Å². The Hall–Kier alpha value is -2.31. The Labute approximate surface area is 140 Å². The Kier molecular flexibility index (Phi) is 4.11. The summed E-state index contributed by atoms with van der Waals surface area (Å²) in [5.74, 6) is -0.948. The van der Waals surface area contributed by atoms with Gasteiger partial charge in [-0.25, -0.2) is 0 Å². The molecule has 3 aromatic rings. The van der Waals surface area contributed by atoms with Crippen molar-refractivity contribution >= 4 is 44.7 Å². The molecule has 5 nitrogen and oxygen atoms in total. The number of halogens is 1. The third kappa shape index (κ3) is 2.71. The molecule has 118 valence electrons. The Morgan fingerprint density at radius 3 is 2.87 bits per heavy atom. The van der Waals surface area contributed by atoms with Gasteiger partial charge in [0.05, 0.1) is 10.2 Å². The molecule has 0 aliphatic heterocycles. The normalized spacial score (nSPS) is 10.9. The van der Waals surface area contributed by atoms with E-state index in [4.69, 9.17) is 11.6 Å². The number of nitrogens with one attached hydrogen (secondary N) is 1. The molecule has 0 spiro atoms. The Morgan fingerprint density at radius 1 is 1.39 bits per heavy atom. The molecule has 0 radical (unpaired) electrons. The van der Waals surface area contributed by atoms with Crippen molar-refractivity contribution in [1.82, 2.24) is 4.57 Å². The second-order valence-electron chi connectivity index (χ2n) is 4.87. The van der Waals surface area contributed by atoms with Crippen LogP contribution in [0.4, 0.5) is 5.69 Å². The Bertz CT molecular complexity index is 962. The molecule has 2 heterocycles. The Morgan fingerprint density at radius 2 is 2.17 bits per heavy atom. The number of anilines is 1. The molecular formula is C16H13ClN2O3S. The number of fused-ring (bicyclic) bond motifs is 1. The number of aromatic hydroxyl groups is 1. The zero-order valence-electron chi connectivity index (χ0n) is 12.2. The molecular weight excluding hydrogens is 336 g/mol. The van der Waals surface area contributed by atoms with Gasteiger partial charge in [0.1, 0.15) is 5.56 Å². The quantitative estimate of drug-likeness (QED) is 0.758. The maximum absolute atomic E-state index is 12.6. The minimum absolute atomic E-state index is 0.262. The third-order valence-electron chi connectivity index (χ3n) is 3.47. The van der Waals surface area contributed by atoms with Crippen LogP contribution in [0.25, 0.3) is 10.2 Å². The zero-order chi connectivity index (χ0) is 16.6. The Balaban J connectivity index is 2.12. The van der Waals surface area contributed by atoms with Gasteiger partial charge in [-0.2, -0.15) is 0 Å². The number of thiophene rings is 1. The lowest BCUT2D eigenvalue weighted by Crippen LogP contribution is -2.29. The molecule has 0 atom stereocenters. The van der Waals surface area contributed by atoms with Crippen LogP contribution in [-0.2, 0) is 6.54 Å². The third-order valence-corrected chi connectivity index (χ3v) is 4.62. The first-order valence-corrected chi connectivity index (χ1v) is 8.18. The maximum atomic E-state index is 12.6. The maximum Gasteiger partial charge on any atom is 0.267 e. The molecule has 1 aromatic carbocycles. The van der Waals surface area contributed by atoms with E-state index in [1.165, 1.54) is 15.9 Å². The summed E-state index contributed by atoms with van der Waals surface area (Å²) >= 11 is 7.16. The number of hydrogen-bond acceptors (Lipinski definition) is 4. The van der Waals surface area contributed by atoms with Gasteiger partial charge in [-0.15, -0.1) is 11.3 Å². The number of pyridine rings is 1. The van der Waals surface area contributed by atoms with E-state index in [1.54, 1.807) is 35.7 Å². The highest BCUT2D eigenvalue weighted by Gasteiger charge is 2.22. The molecule has 0 saturated carbocycles. The molecule has 0 aliphatic rings. The summed E-state index contributed by atoms with van der Waals surface area (Å²) in [5, 5.41) is 15.2. The summed E-state index contributed by atoms with van der Waals surface area (Å²) in [4.78, 5) is 25.0. The molecule has 7 heteroatoms. The second-order valence-corrected chi connectivity index (χ2v) is 6.23. The first kappa shape index (κ1) is 15.6. The fourth-order valence-corrected chi connectivity index (χ4v) is 3.47. The number of hydrogen-bond donors (Lipinski definition) is 2. The van der Waals surface area contributed by atoms with Crippen LogP contribution in [-0.4, -0.2) is 15.6 Å². The first-order valence-electron chi connectivity index (χ1n) is 6.92. The molecule has 3 rings (SSSR count). The van der Waals surface area contributed by atoms with Crippen LogP contribution in [0.3, 0.4) is 0 Å². The summed E-state index contributed by atoms with van der Waals surface area (Å²) < 4.78 is 1.99. The number of carbonyl (C=O) groups excluding carboxylic acids is 1. The van der Waals surface area contributed by atoms with Gasteiger partial charge in [0.15, 0.2) is 5.75 Å². The molecule has 0 bridgehead atoms. The zero-order valence-corrected chi connectivity index (χ0v) is 13.7. The fraction of sp³-hybridized carbons (Fsp3) is 0.125. The van der Waals surface area contributed by atoms with E-state index in [0.29, 0.717) is 27.5 Å². The lowest BCUT2D eigenvalue weighted by molar-refractivity contribution is 0.102. The predicted octanol–water partition coefficient (Wildman–Crippen LogP) is 3.69. The van der Waals surface area contributed by atoms with E-state index < -0.39 is 11.5 Å². The number of aryl methyl sites for hydroxylation is 1. The van der Waals surface area contributed by atoms with Gasteiger partial charge in [0.2, 0.25) is 0 Å². The van der Waals surface area contributed by atoms with Crippen LogP contribution < -0.4 is 10.9 Å². The van der Waals surface area contributed by atoms with E-state index in [1.807, 2.05) is 6.92 Å². The summed E-state index contributed by atoms with van der Waals surface area (Å²) in [6, 6.07) is 8.34. The fourth-order valence-electron chi connectivity index (χ4n) is 2.43. The summed E-state index contributed by atoms with van der Waals surface area (Å²) in [7, 11) is 0. The van der Waals surface area contributed by atoms with Crippen molar-refractivity contribution in [3.05, 3.63) is 56.7 Å². The van der Waals surface area contributed by atoms with Crippen LogP contribution in [0.1, 0.15) is 17.3 Å². The predicted molar refractivity (Wildman–Crippen MR) is 92.8 cm³/mol. The van der Waals surface area contributed by atoms with Crippen molar-refractivity contribution in [3.63, 3.8) is 0 Å². The van der Waals surface area contributed by atoms with E-state index >= 15 is 0 Å². The number of benzene rings is 1. The molecule has 2 N–H and O–H groups in total. The standard InChI is InChI=1S/C16H13ClN2O3S/c1-2-19-11-6-7-23-14(11)13(20)12(16(19)22)15(21)18-10-5-3-4-9(17)8-10/h3-8,20H,2H2,1H3,(H,18,21). The van der Waals surface area contributed by atoms with Crippen LogP contribution in [0.2, 0.25) is 5.02 Å². The van der Waals surface area contributed by atoms with Crippen molar-refractivity contribution in [3.8, 4) is 5.75 Å². The number of amides is 1. The average Bonchev–Trinajstić information content (AvgIpc) is 2.97. The molecule has 0 saturated heterocycles. The van der Waals surface area contributed by atoms with Gasteiger partial charge < -0.3 is 15.0 Å². The average molecular weight is 349 g/mol. The SMILES string of the molecule is CCn1c(=O)c(C(=O)Nc2cccc(Cl)c2)c(O)c2sccc21. The number of aromatic nitrogens is 1. The van der Waals surface area contributed by atoms with Crippen molar-refractivity contribution in [2.24, 2.45) is 0 Å². The summed E-state index contributed by atoms with van der Waals surface area (Å²) in [5.41, 5.74) is 0.298. The van der Waals surface area contributed by atoms with Crippen LogP contribution in [0, 0.1) is 0 Å². The first-order chi connectivity index (χ1) is 11.0. The lowest BCUT2D eigenvalue weighted by atomic mass is 10.2. The van der Waals surface area contributed by atoms with Gasteiger partial charge in [0, 0.05) is 17.3 Å². The molecule has 0 unspecified atom stereocenters. The highest BCUT2D eigenvalue weighted by molar-refractivity contribution is 7.17. The lowest BCUT2D eigenvalue weighted by Gasteiger charge is -2.11. The highest BCUT2D eigenvalue weighted by atomic mass is 35.5. The smallest absolute Gasteiger partial charge is 0.267 e. The molecule has 1 amide bonds. The highest BCUT2D eigenvalue weighted by Crippen LogP contribution is 2.31. The number of nitrogens with zero attached hydrogens (tertiary/aromatic N) is 1. The van der Waals surface area contributed by atoms with Gasteiger partial charge in [0.25, 0.3) is 11.5 Å².